The number of hydrogen-bond donors (Lipinski definition) is 0. The van der Waals surface area contributed by atoms with Gasteiger partial charge in [-0.3, -0.25) is 4.79 Å². The van der Waals surface area contributed by atoms with Crippen molar-refractivity contribution in [1.82, 2.24) is 9.80 Å². The maximum absolute atomic E-state index is 12.5. The maximum atomic E-state index is 12.5. The Bertz CT molecular complexity index is 402. The monoisotopic (exact) mass is 282 g/mol. The molecular formula is C15H26N2O3. The number of nitrogens with zero attached hydrogens (tertiary/aromatic N) is 2. The molecule has 1 atom stereocenters. The zero-order valence-electron chi connectivity index (χ0n) is 13.1. The highest BCUT2D eigenvalue weighted by molar-refractivity contribution is 5.86. The number of carbonyl (C=O) groups excluding carboxylic acids is 2. The Labute approximate surface area is 121 Å². The van der Waals surface area contributed by atoms with Crippen LogP contribution in [0.3, 0.4) is 0 Å². The summed E-state index contributed by atoms with van der Waals surface area (Å²) >= 11 is 0. The third-order valence-electron chi connectivity index (χ3n) is 4.21. The molecule has 0 aromatic heterocycles. The van der Waals surface area contributed by atoms with Gasteiger partial charge in [-0.05, 0) is 47.0 Å². The van der Waals surface area contributed by atoms with Gasteiger partial charge in [-0.2, -0.15) is 0 Å². The summed E-state index contributed by atoms with van der Waals surface area (Å²) in [5.74, 6) is 0.216. The number of rotatable bonds is 1. The average Bonchev–Trinajstić information content (AvgIpc) is 2.65. The van der Waals surface area contributed by atoms with E-state index in [1.807, 2.05) is 32.6 Å². The van der Waals surface area contributed by atoms with E-state index in [4.69, 9.17) is 4.74 Å². The van der Waals surface area contributed by atoms with Crippen LogP contribution in [0.1, 0.15) is 47.0 Å². The van der Waals surface area contributed by atoms with Gasteiger partial charge in [-0.25, -0.2) is 4.79 Å². The van der Waals surface area contributed by atoms with Crippen LogP contribution >= 0.6 is 0 Å². The first-order valence-corrected chi connectivity index (χ1v) is 7.55. The van der Waals surface area contributed by atoms with Crippen LogP contribution in [0.4, 0.5) is 4.79 Å². The van der Waals surface area contributed by atoms with Crippen molar-refractivity contribution >= 4 is 12.0 Å². The summed E-state index contributed by atoms with van der Waals surface area (Å²) < 4.78 is 5.43. The van der Waals surface area contributed by atoms with Gasteiger partial charge in [0.1, 0.15) is 5.60 Å². The second-order valence-electron chi connectivity index (χ2n) is 6.92. The Morgan fingerprint density at radius 1 is 1.30 bits per heavy atom. The lowest BCUT2D eigenvalue weighted by Gasteiger charge is -2.39. The molecule has 0 aromatic rings. The second-order valence-corrected chi connectivity index (χ2v) is 6.92. The van der Waals surface area contributed by atoms with E-state index in [1.165, 1.54) is 0 Å². The van der Waals surface area contributed by atoms with Crippen molar-refractivity contribution in [3.63, 3.8) is 0 Å². The van der Waals surface area contributed by atoms with Gasteiger partial charge < -0.3 is 14.5 Å². The Hall–Kier alpha value is -1.26. The van der Waals surface area contributed by atoms with Crippen molar-refractivity contribution in [1.29, 1.82) is 0 Å². The molecule has 2 fully saturated rings. The van der Waals surface area contributed by atoms with E-state index < -0.39 is 5.60 Å². The minimum absolute atomic E-state index is 0.216. The zero-order valence-corrected chi connectivity index (χ0v) is 13.1. The predicted molar refractivity (Wildman–Crippen MR) is 76.3 cm³/mol. The quantitative estimate of drug-likeness (QED) is 0.741. The Kier molecular flexibility index (Phi) is 3.98. The summed E-state index contributed by atoms with van der Waals surface area (Å²) in [7, 11) is 0. The van der Waals surface area contributed by atoms with Crippen LogP contribution in [0.15, 0.2) is 0 Å². The molecular weight excluding hydrogens is 256 g/mol. The molecule has 0 aliphatic carbocycles. The van der Waals surface area contributed by atoms with E-state index in [-0.39, 0.29) is 17.4 Å². The Balaban J connectivity index is 2.06. The van der Waals surface area contributed by atoms with Crippen LogP contribution in [0.25, 0.3) is 0 Å². The van der Waals surface area contributed by atoms with Gasteiger partial charge in [0, 0.05) is 26.2 Å². The lowest BCUT2D eigenvalue weighted by Crippen LogP contribution is -2.50. The van der Waals surface area contributed by atoms with Crippen molar-refractivity contribution in [3.05, 3.63) is 0 Å². The Morgan fingerprint density at radius 3 is 2.55 bits per heavy atom. The largest absolute Gasteiger partial charge is 0.444 e. The maximum Gasteiger partial charge on any atom is 0.410 e. The summed E-state index contributed by atoms with van der Waals surface area (Å²) in [5, 5.41) is 0. The van der Waals surface area contributed by atoms with E-state index in [1.54, 1.807) is 4.90 Å². The molecule has 0 aromatic carbocycles. The standard InChI is InChI=1S/C15H26N2O3/c1-5-16-10-8-15(12(16)18)7-6-9-17(11-15)13(19)20-14(2,3)4/h5-11H2,1-4H3/t15-/m1/s1. The summed E-state index contributed by atoms with van der Waals surface area (Å²) in [6.45, 7) is 10.4. The van der Waals surface area contributed by atoms with Crippen LogP contribution in [-0.2, 0) is 9.53 Å². The molecule has 0 radical (unpaired) electrons. The fourth-order valence-corrected chi connectivity index (χ4v) is 3.19. The molecule has 114 valence electrons. The highest BCUT2D eigenvalue weighted by Crippen LogP contribution is 2.40. The molecule has 2 saturated heterocycles. The van der Waals surface area contributed by atoms with Crippen LogP contribution in [-0.4, -0.2) is 53.6 Å². The highest BCUT2D eigenvalue weighted by Gasteiger charge is 2.49. The predicted octanol–water partition coefficient (Wildman–Crippen LogP) is 2.26. The molecule has 2 aliphatic rings. The number of hydrogen-bond acceptors (Lipinski definition) is 3. The Morgan fingerprint density at radius 2 is 2.00 bits per heavy atom. The first kappa shape index (κ1) is 15.1. The molecule has 20 heavy (non-hydrogen) atoms. The fraction of sp³-hybridized carbons (Fsp3) is 0.867. The summed E-state index contributed by atoms with van der Waals surface area (Å²) in [4.78, 5) is 28.3. The molecule has 2 heterocycles. The van der Waals surface area contributed by atoms with Crippen molar-refractivity contribution in [3.8, 4) is 0 Å². The smallest absolute Gasteiger partial charge is 0.410 e. The van der Waals surface area contributed by atoms with Gasteiger partial charge in [0.05, 0.1) is 5.41 Å². The average molecular weight is 282 g/mol. The van der Waals surface area contributed by atoms with E-state index in [2.05, 4.69) is 0 Å². The lowest BCUT2D eigenvalue weighted by atomic mass is 9.78. The van der Waals surface area contributed by atoms with Gasteiger partial charge in [0.25, 0.3) is 0 Å². The minimum atomic E-state index is -0.489. The summed E-state index contributed by atoms with van der Waals surface area (Å²) in [6, 6.07) is 0. The van der Waals surface area contributed by atoms with Gasteiger partial charge in [-0.15, -0.1) is 0 Å². The third-order valence-corrected chi connectivity index (χ3v) is 4.21. The van der Waals surface area contributed by atoms with Crippen LogP contribution < -0.4 is 0 Å². The van der Waals surface area contributed by atoms with Crippen molar-refractivity contribution in [2.75, 3.05) is 26.2 Å². The number of carbonyl (C=O) groups is 2. The van der Waals surface area contributed by atoms with Crippen molar-refractivity contribution < 1.29 is 14.3 Å². The molecule has 0 N–H and O–H groups in total. The van der Waals surface area contributed by atoms with E-state index in [0.717, 1.165) is 32.4 Å². The third kappa shape index (κ3) is 2.91. The van der Waals surface area contributed by atoms with Crippen LogP contribution in [0, 0.1) is 5.41 Å². The van der Waals surface area contributed by atoms with Gasteiger partial charge in [-0.1, -0.05) is 0 Å². The number of amides is 2. The molecule has 0 unspecified atom stereocenters. The van der Waals surface area contributed by atoms with E-state index >= 15 is 0 Å². The molecule has 5 nitrogen and oxygen atoms in total. The van der Waals surface area contributed by atoms with E-state index in [9.17, 15) is 9.59 Å². The first-order chi connectivity index (χ1) is 9.27. The first-order valence-electron chi connectivity index (χ1n) is 7.55. The molecule has 0 saturated carbocycles. The molecule has 1 spiro atoms. The summed E-state index contributed by atoms with van der Waals surface area (Å²) in [5.41, 5.74) is -0.845. The molecule has 2 rings (SSSR count). The zero-order chi connectivity index (χ0) is 15.0. The van der Waals surface area contributed by atoms with Gasteiger partial charge in [0.2, 0.25) is 5.91 Å². The fourth-order valence-electron chi connectivity index (χ4n) is 3.19. The van der Waals surface area contributed by atoms with Crippen molar-refractivity contribution in [2.24, 2.45) is 5.41 Å². The molecule has 5 heteroatoms. The molecule has 0 bridgehead atoms. The number of likely N-dealkylation sites (tertiary alicyclic amines) is 2. The van der Waals surface area contributed by atoms with E-state index in [0.29, 0.717) is 13.1 Å². The van der Waals surface area contributed by atoms with Crippen LogP contribution in [0.5, 0.6) is 0 Å². The van der Waals surface area contributed by atoms with Crippen LogP contribution in [0.2, 0.25) is 0 Å². The normalized spacial score (nSPS) is 27.3. The second kappa shape index (κ2) is 5.26. The topological polar surface area (TPSA) is 49.9 Å². The minimum Gasteiger partial charge on any atom is -0.444 e. The number of piperidine rings is 1. The van der Waals surface area contributed by atoms with Crippen molar-refractivity contribution in [2.45, 2.75) is 52.6 Å². The van der Waals surface area contributed by atoms with Gasteiger partial charge >= 0.3 is 6.09 Å². The molecule has 2 amide bonds. The number of ether oxygens (including phenoxy) is 1. The lowest BCUT2D eigenvalue weighted by molar-refractivity contribution is -0.138. The highest BCUT2D eigenvalue weighted by atomic mass is 16.6. The summed E-state index contributed by atoms with van der Waals surface area (Å²) in [6.07, 6.45) is 2.34. The van der Waals surface area contributed by atoms with Gasteiger partial charge in [0.15, 0.2) is 0 Å². The SMILES string of the molecule is CCN1CC[C@@]2(CCCN(C(=O)OC(C)(C)C)C2)C1=O. The molecule has 2 aliphatic heterocycles.